The molecule has 2 aromatic rings. The molecule has 2 aliphatic heterocycles. The highest BCUT2D eigenvalue weighted by molar-refractivity contribution is 5.85. The van der Waals surface area contributed by atoms with E-state index in [4.69, 9.17) is 10.5 Å². The minimum Gasteiger partial charge on any atom is -0.381 e. The van der Waals surface area contributed by atoms with E-state index in [0.717, 1.165) is 12.8 Å². The van der Waals surface area contributed by atoms with Crippen molar-refractivity contribution in [3.05, 3.63) is 59.2 Å². The Hall–Kier alpha value is -2.66. The van der Waals surface area contributed by atoms with Gasteiger partial charge in [0.1, 0.15) is 0 Å². The molecule has 5 nitrogen and oxygen atoms in total. The van der Waals surface area contributed by atoms with Crippen molar-refractivity contribution in [2.45, 2.75) is 46.0 Å². The summed E-state index contributed by atoms with van der Waals surface area (Å²) in [5, 5.41) is 0. The van der Waals surface area contributed by atoms with Crippen molar-refractivity contribution in [3.63, 3.8) is 0 Å². The van der Waals surface area contributed by atoms with Crippen molar-refractivity contribution in [2.24, 2.45) is 17.1 Å². The highest BCUT2D eigenvalue weighted by Crippen LogP contribution is 2.40. The number of nitrogens with zero attached hydrogens (tertiary/aromatic N) is 1. The predicted octanol–water partition coefficient (Wildman–Crippen LogP) is 4.03. The lowest BCUT2D eigenvalue weighted by Gasteiger charge is -2.42. The van der Waals surface area contributed by atoms with Crippen LogP contribution < -0.4 is 5.73 Å². The molecule has 0 unspecified atom stereocenters. The van der Waals surface area contributed by atoms with Crippen LogP contribution in [0.5, 0.6) is 0 Å². The normalized spacial score (nSPS) is 20.7. The lowest BCUT2D eigenvalue weighted by molar-refractivity contribution is -0.150. The fourth-order valence-corrected chi connectivity index (χ4v) is 5.41. The summed E-state index contributed by atoms with van der Waals surface area (Å²) in [6, 6.07) is 15.0. The number of aryl methyl sites for hydroxylation is 2. The highest BCUT2D eigenvalue weighted by Gasteiger charge is 2.44. The monoisotopic (exact) mass is 434 g/mol. The Balaban J connectivity index is 1.67. The largest absolute Gasteiger partial charge is 0.381 e. The predicted molar refractivity (Wildman–Crippen MR) is 126 cm³/mol. The van der Waals surface area contributed by atoms with Gasteiger partial charge < -0.3 is 15.4 Å². The van der Waals surface area contributed by atoms with Crippen LogP contribution in [0.15, 0.2) is 42.5 Å². The molecule has 4 rings (SSSR count). The molecule has 2 aliphatic rings. The molecule has 0 aliphatic carbocycles. The van der Waals surface area contributed by atoms with E-state index in [1.807, 2.05) is 4.90 Å². The number of rotatable bonds is 5. The van der Waals surface area contributed by atoms with Crippen molar-refractivity contribution in [3.8, 4) is 11.1 Å². The number of piperidine rings is 1. The number of hydrogen-bond acceptors (Lipinski definition) is 3. The van der Waals surface area contributed by atoms with Crippen molar-refractivity contribution in [1.29, 1.82) is 0 Å². The Morgan fingerprint density at radius 2 is 1.78 bits per heavy atom. The third kappa shape index (κ3) is 4.73. The fraction of sp³-hybridized carbons (Fsp3) is 0.481. The molecule has 0 spiro atoms. The van der Waals surface area contributed by atoms with Crippen LogP contribution in [-0.2, 0) is 20.7 Å². The third-order valence-corrected chi connectivity index (χ3v) is 7.09. The van der Waals surface area contributed by atoms with Crippen LogP contribution in [0.2, 0.25) is 0 Å². The third-order valence-electron chi connectivity index (χ3n) is 7.09. The van der Waals surface area contributed by atoms with E-state index in [9.17, 15) is 9.59 Å². The first-order chi connectivity index (χ1) is 15.4. The topological polar surface area (TPSA) is 72.6 Å². The highest BCUT2D eigenvalue weighted by atomic mass is 16.5. The van der Waals surface area contributed by atoms with Gasteiger partial charge >= 0.3 is 0 Å². The number of benzene rings is 2. The molecule has 2 heterocycles. The van der Waals surface area contributed by atoms with Crippen LogP contribution in [0.4, 0.5) is 0 Å². The number of amides is 2. The van der Waals surface area contributed by atoms with E-state index in [0.29, 0.717) is 45.6 Å². The molecule has 2 saturated heterocycles. The first kappa shape index (κ1) is 22.5. The maximum absolute atomic E-state index is 13.9. The van der Waals surface area contributed by atoms with Gasteiger partial charge in [-0.05, 0) is 62.6 Å². The Morgan fingerprint density at radius 3 is 2.47 bits per heavy atom. The molecule has 0 bridgehead atoms. The number of primary amides is 1. The van der Waals surface area contributed by atoms with Gasteiger partial charge in [-0.3, -0.25) is 9.59 Å². The summed E-state index contributed by atoms with van der Waals surface area (Å²) in [7, 11) is 0. The number of carbonyl (C=O) groups excluding carboxylic acids is 2. The van der Waals surface area contributed by atoms with Gasteiger partial charge in [0.25, 0.3) is 0 Å². The van der Waals surface area contributed by atoms with Gasteiger partial charge in [0.05, 0.1) is 11.3 Å². The lowest BCUT2D eigenvalue weighted by atomic mass is 9.72. The molecular weight excluding hydrogens is 400 g/mol. The maximum atomic E-state index is 13.9. The maximum Gasteiger partial charge on any atom is 0.229 e. The standard InChI is InChI=1S/C27H34N2O3/c1-19-14-20(2)16-23(15-19)24-8-4-3-6-21(24)17-27(9-12-32-13-10-27)26(31)29-11-5-7-22(18-29)25(28)30/h3-4,6,8,14-16,22H,5,7,9-13,17-18H2,1-2H3,(H2,28,30)/t22-/m0/s1. The van der Waals surface area contributed by atoms with E-state index in [-0.39, 0.29) is 17.7 Å². The molecule has 32 heavy (non-hydrogen) atoms. The molecule has 2 amide bonds. The van der Waals surface area contributed by atoms with E-state index < -0.39 is 5.41 Å². The lowest BCUT2D eigenvalue weighted by Crippen LogP contribution is -2.52. The van der Waals surface area contributed by atoms with Gasteiger partial charge in [0.2, 0.25) is 11.8 Å². The summed E-state index contributed by atoms with van der Waals surface area (Å²) >= 11 is 0. The zero-order valence-electron chi connectivity index (χ0n) is 19.2. The zero-order valence-corrected chi connectivity index (χ0v) is 19.2. The Kier molecular flexibility index (Phi) is 6.66. The van der Waals surface area contributed by atoms with Gasteiger partial charge in [0.15, 0.2) is 0 Å². The summed E-state index contributed by atoms with van der Waals surface area (Å²) in [5.41, 5.74) is 11.1. The molecular formula is C27H34N2O3. The second kappa shape index (κ2) is 9.45. The molecule has 0 aromatic heterocycles. The second-order valence-electron chi connectivity index (χ2n) is 9.60. The number of likely N-dealkylation sites (tertiary alicyclic amines) is 1. The molecule has 0 saturated carbocycles. The number of nitrogens with two attached hydrogens (primary N) is 1. The molecule has 1 atom stereocenters. The quantitative estimate of drug-likeness (QED) is 0.772. The smallest absolute Gasteiger partial charge is 0.229 e. The summed E-state index contributed by atoms with van der Waals surface area (Å²) in [4.78, 5) is 27.6. The summed E-state index contributed by atoms with van der Waals surface area (Å²) in [6.07, 6.45) is 3.67. The fourth-order valence-electron chi connectivity index (χ4n) is 5.41. The zero-order chi connectivity index (χ0) is 22.7. The van der Waals surface area contributed by atoms with Gasteiger partial charge in [0, 0.05) is 26.3 Å². The number of carbonyl (C=O) groups is 2. The second-order valence-corrected chi connectivity index (χ2v) is 9.60. The first-order valence-corrected chi connectivity index (χ1v) is 11.7. The van der Waals surface area contributed by atoms with Crippen molar-refractivity contribution in [1.82, 2.24) is 4.90 Å². The van der Waals surface area contributed by atoms with Gasteiger partial charge in [-0.25, -0.2) is 0 Å². The van der Waals surface area contributed by atoms with Crippen LogP contribution in [0.3, 0.4) is 0 Å². The molecule has 2 aromatic carbocycles. The van der Waals surface area contributed by atoms with Crippen LogP contribution in [0.25, 0.3) is 11.1 Å². The Morgan fingerprint density at radius 1 is 1.09 bits per heavy atom. The van der Waals surface area contributed by atoms with E-state index in [1.165, 1.54) is 27.8 Å². The molecule has 2 N–H and O–H groups in total. The Bertz CT molecular complexity index is 974. The van der Waals surface area contributed by atoms with Crippen molar-refractivity contribution in [2.75, 3.05) is 26.3 Å². The average molecular weight is 435 g/mol. The Labute approximate surface area is 190 Å². The first-order valence-electron chi connectivity index (χ1n) is 11.7. The van der Waals surface area contributed by atoms with Gasteiger partial charge in [-0.1, -0.05) is 53.6 Å². The van der Waals surface area contributed by atoms with Gasteiger partial charge in [-0.15, -0.1) is 0 Å². The average Bonchev–Trinajstić information content (AvgIpc) is 2.79. The van der Waals surface area contributed by atoms with E-state index in [1.54, 1.807) is 0 Å². The van der Waals surface area contributed by atoms with E-state index in [2.05, 4.69) is 56.3 Å². The van der Waals surface area contributed by atoms with Crippen LogP contribution in [-0.4, -0.2) is 43.0 Å². The number of ether oxygens (including phenoxy) is 1. The van der Waals surface area contributed by atoms with Crippen LogP contribution in [0, 0.1) is 25.2 Å². The minimum atomic E-state index is -0.507. The van der Waals surface area contributed by atoms with Crippen LogP contribution in [0.1, 0.15) is 42.4 Å². The molecule has 0 radical (unpaired) electrons. The van der Waals surface area contributed by atoms with Crippen LogP contribution >= 0.6 is 0 Å². The van der Waals surface area contributed by atoms with Gasteiger partial charge in [-0.2, -0.15) is 0 Å². The summed E-state index contributed by atoms with van der Waals surface area (Å²) in [5.74, 6) is -0.391. The minimum absolute atomic E-state index is 0.155. The molecule has 5 heteroatoms. The molecule has 170 valence electrons. The van der Waals surface area contributed by atoms with Crippen molar-refractivity contribution >= 4 is 11.8 Å². The van der Waals surface area contributed by atoms with E-state index >= 15 is 0 Å². The summed E-state index contributed by atoms with van der Waals surface area (Å²) in [6.45, 7) is 6.55. The van der Waals surface area contributed by atoms with Crippen molar-refractivity contribution < 1.29 is 14.3 Å². The number of hydrogen-bond donors (Lipinski definition) is 1. The SMILES string of the molecule is Cc1cc(C)cc(-c2ccccc2CC2(C(=O)N3CCC[C@H](C(N)=O)C3)CCOCC2)c1. The summed E-state index contributed by atoms with van der Waals surface area (Å²) < 4.78 is 5.66. The molecule has 2 fully saturated rings.